The highest BCUT2D eigenvalue weighted by Gasteiger charge is 2.54. The van der Waals surface area contributed by atoms with Crippen molar-refractivity contribution in [3.8, 4) is 22.6 Å². The number of rotatable bonds is 3. The molecule has 4 atom stereocenters. The topological polar surface area (TPSA) is 73.3 Å². The Morgan fingerprint density at radius 1 is 1.17 bits per heavy atom. The quantitative estimate of drug-likeness (QED) is 0.445. The van der Waals surface area contributed by atoms with Crippen molar-refractivity contribution in [2.45, 2.75) is 59.3 Å². The summed E-state index contributed by atoms with van der Waals surface area (Å²) in [6.45, 7) is 11.5. The van der Waals surface area contributed by atoms with Gasteiger partial charge in [-0.1, -0.05) is 32.9 Å². The molecule has 2 fully saturated rings. The number of hydrogen-bond acceptors (Lipinski definition) is 3. The first kappa shape index (κ1) is 20.8. The molecule has 4 rings (SSSR count). The third-order valence-electron chi connectivity index (χ3n) is 8.44. The maximum absolute atomic E-state index is 12.1. The van der Waals surface area contributed by atoms with Gasteiger partial charge in [0, 0.05) is 11.8 Å². The van der Waals surface area contributed by atoms with E-state index in [-0.39, 0.29) is 27.9 Å². The molecule has 3 N–H and O–H groups in total. The average Bonchev–Trinajstić information content (AvgIpc) is 2.70. The lowest BCUT2D eigenvalue weighted by Gasteiger charge is -2.59. The monoisotopic (exact) mass is 407 g/mol. The van der Waals surface area contributed by atoms with E-state index in [4.69, 9.17) is 0 Å². The molecule has 1 heterocycles. The predicted octanol–water partition coefficient (Wildman–Crippen LogP) is 5.79. The lowest BCUT2D eigenvalue weighted by molar-refractivity contribution is -0.0491. The summed E-state index contributed by atoms with van der Waals surface area (Å²) in [4.78, 5) is 14.8. The van der Waals surface area contributed by atoms with E-state index in [0.29, 0.717) is 29.4 Å². The average molecular weight is 408 g/mol. The smallest absolute Gasteiger partial charge is 0.255 e. The SMILES string of the molecule is C=C1CCC[C@H]2[C@](C)(Cc3cc(O)c(-c4ccc[nH]c4=O)cc3O)[C@@H](C)CC[C@]12C. The Hall–Kier alpha value is -2.49. The minimum absolute atomic E-state index is 0.00597. The summed E-state index contributed by atoms with van der Waals surface area (Å²) in [5.41, 5.74) is 2.70. The van der Waals surface area contributed by atoms with Crippen LogP contribution < -0.4 is 5.56 Å². The number of aromatic nitrogens is 1. The van der Waals surface area contributed by atoms with E-state index in [1.54, 1.807) is 24.4 Å². The van der Waals surface area contributed by atoms with Crippen molar-refractivity contribution in [1.29, 1.82) is 0 Å². The highest BCUT2D eigenvalue weighted by Crippen LogP contribution is 2.62. The molecule has 0 amide bonds. The molecule has 1 aromatic heterocycles. The van der Waals surface area contributed by atoms with Gasteiger partial charge in [-0.25, -0.2) is 0 Å². The van der Waals surface area contributed by atoms with E-state index in [1.807, 2.05) is 0 Å². The van der Waals surface area contributed by atoms with Crippen molar-refractivity contribution < 1.29 is 10.2 Å². The van der Waals surface area contributed by atoms with Crippen LogP contribution in [0.2, 0.25) is 0 Å². The first-order valence-corrected chi connectivity index (χ1v) is 11.1. The zero-order valence-corrected chi connectivity index (χ0v) is 18.3. The van der Waals surface area contributed by atoms with Crippen molar-refractivity contribution in [1.82, 2.24) is 4.98 Å². The Kier molecular flexibility index (Phi) is 5.08. The van der Waals surface area contributed by atoms with Crippen molar-refractivity contribution in [3.05, 3.63) is 58.5 Å². The maximum atomic E-state index is 12.1. The Labute approximate surface area is 178 Å². The van der Waals surface area contributed by atoms with Crippen molar-refractivity contribution >= 4 is 0 Å². The minimum atomic E-state index is -0.288. The maximum Gasteiger partial charge on any atom is 0.255 e. The molecule has 30 heavy (non-hydrogen) atoms. The van der Waals surface area contributed by atoms with Gasteiger partial charge in [0.2, 0.25) is 0 Å². The molecule has 0 spiro atoms. The number of benzene rings is 1. The molecule has 0 radical (unpaired) electrons. The van der Waals surface area contributed by atoms with Gasteiger partial charge in [0.1, 0.15) is 11.5 Å². The van der Waals surface area contributed by atoms with E-state index >= 15 is 0 Å². The van der Waals surface area contributed by atoms with Gasteiger partial charge in [-0.3, -0.25) is 4.79 Å². The van der Waals surface area contributed by atoms with Crippen molar-refractivity contribution in [3.63, 3.8) is 0 Å². The van der Waals surface area contributed by atoms with Gasteiger partial charge in [-0.15, -0.1) is 0 Å². The fourth-order valence-electron chi connectivity index (χ4n) is 6.29. The van der Waals surface area contributed by atoms with E-state index < -0.39 is 0 Å². The van der Waals surface area contributed by atoms with Gasteiger partial charge < -0.3 is 15.2 Å². The van der Waals surface area contributed by atoms with Crippen LogP contribution >= 0.6 is 0 Å². The zero-order chi connectivity index (χ0) is 21.7. The molecule has 0 aliphatic heterocycles. The molecular formula is C26H33NO3. The summed E-state index contributed by atoms with van der Waals surface area (Å²) >= 11 is 0. The number of aromatic amines is 1. The van der Waals surface area contributed by atoms with Crippen LogP contribution in [0.5, 0.6) is 11.5 Å². The number of nitrogens with one attached hydrogen (secondary N) is 1. The Bertz CT molecular complexity index is 1040. The number of phenolic OH excluding ortho intramolecular Hbond substituents is 2. The predicted molar refractivity (Wildman–Crippen MR) is 121 cm³/mol. The molecule has 0 bridgehead atoms. The summed E-state index contributed by atoms with van der Waals surface area (Å²) in [6.07, 6.45) is 8.05. The van der Waals surface area contributed by atoms with Crippen LogP contribution in [-0.4, -0.2) is 15.2 Å². The first-order valence-electron chi connectivity index (χ1n) is 11.1. The molecule has 2 aromatic rings. The molecule has 2 aliphatic rings. The Morgan fingerprint density at radius 2 is 1.93 bits per heavy atom. The number of H-pyrrole nitrogens is 1. The second kappa shape index (κ2) is 7.33. The highest BCUT2D eigenvalue weighted by molar-refractivity contribution is 5.72. The molecule has 2 aliphatic carbocycles. The van der Waals surface area contributed by atoms with Gasteiger partial charge >= 0.3 is 0 Å². The van der Waals surface area contributed by atoms with Gasteiger partial charge in [0.25, 0.3) is 5.56 Å². The van der Waals surface area contributed by atoms with Crippen LogP contribution in [0.3, 0.4) is 0 Å². The van der Waals surface area contributed by atoms with Gasteiger partial charge in [0.05, 0.1) is 5.56 Å². The van der Waals surface area contributed by atoms with Crippen LogP contribution in [0, 0.1) is 22.7 Å². The number of hydrogen-bond donors (Lipinski definition) is 3. The van der Waals surface area contributed by atoms with Gasteiger partial charge in [0.15, 0.2) is 0 Å². The lowest BCUT2D eigenvalue weighted by atomic mass is 9.46. The third-order valence-corrected chi connectivity index (χ3v) is 8.44. The van der Waals surface area contributed by atoms with E-state index in [0.717, 1.165) is 18.4 Å². The summed E-state index contributed by atoms with van der Waals surface area (Å²) in [5.74, 6) is 1.19. The number of aromatic hydroxyl groups is 2. The lowest BCUT2D eigenvalue weighted by Crippen LogP contribution is -2.51. The van der Waals surface area contributed by atoms with Crippen LogP contribution in [0.1, 0.15) is 58.4 Å². The molecule has 4 heteroatoms. The van der Waals surface area contributed by atoms with E-state index in [1.165, 1.54) is 30.9 Å². The molecule has 2 saturated carbocycles. The fraction of sp³-hybridized carbons (Fsp3) is 0.500. The molecule has 4 nitrogen and oxygen atoms in total. The van der Waals surface area contributed by atoms with E-state index in [2.05, 4.69) is 32.3 Å². The number of phenols is 2. The van der Waals surface area contributed by atoms with Crippen molar-refractivity contribution in [2.24, 2.45) is 22.7 Å². The summed E-state index contributed by atoms with van der Waals surface area (Å²) in [6, 6.07) is 6.54. The molecule has 1 aromatic carbocycles. The number of allylic oxidation sites excluding steroid dienone is 1. The Balaban J connectivity index is 1.73. The zero-order valence-electron chi connectivity index (χ0n) is 18.3. The van der Waals surface area contributed by atoms with Crippen LogP contribution in [0.15, 0.2) is 47.4 Å². The normalized spacial score (nSPS) is 31.4. The fourth-order valence-corrected chi connectivity index (χ4v) is 6.29. The van der Waals surface area contributed by atoms with Gasteiger partial charge in [-0.05, 0) is 91.0 Å². The van der Waals surface area contributed by atoms with Crippen LogP contribution in [0.4, 0.5) is 0 Å². The minimum Gasteiger partial charge on any atom is -0.508 e. The van der Waals surface area contributed by atoms with Crippen LogP contribution in [-0.2, 0) is 6.42 Å². The second-order valence-corrected chi connectivity index (χ2v) is 10.00. The summed E-state index contributed by atoms with van der Waals surface area (Å²) in [5, 5.41) is 21.6. The molecule has 0 saturated heterocycles. The highest BCUT2D eigenvalue weighted by atomic mass is 16.3. The molecule has 0 unspecified atom stereocenters. The first-order chi connectivity index (χ1) is 14.2. The Morgan fingerprint density at radius 3 is 2.67 bits per heavy atom. The number of fused-ring (bicyclic) bond motifs is 1. The third kappa shape index (κ3) is 3.17. The number of pyridine rings is 1. The molecule has 160 valence electrons. The van der Waals surface area contributed by atoms with Crippen LogP contribution in [0.25, 0.3) is 11.1 Å². The van der Waals surface area contributed by atoms with E-state index in [9.17, 15) is 15.0 Å². The second-order valence-electron chi connectivity index (χ2n) is 10.00. The standard InChI is InChI=1S/C26H33NO3/c1-16-7-5-9-23-25(16,3)11-10-17(2)26(23,4)15-18-13-22(29)20(14-21(18)28)19-8-6-12-27-24(19)30/h6,8,12-14,17,23,28-29H,1,5,7,9-11,15H2,2-4H3,(H,27,30)/t17-,23+,25+,26+/m0/s1. The summed E-state index contributed by atoms with van der Waals surface area (Å²) < 4.78 is 0. The van der Waals surface area contributed by atoms with Crippen molar-refractivity contribution in [2.75, 3.05) is 0 Å². The summed E-state index contributed by atoms with van der Waals surface area (Å²) in [7, 11) is 0. The molecular weight excluding hydrogens is 374 g/mol. The van der Waals surface area contributed by atoms with Gasteiger partial charge in [-0.2, -0.15) is 0 Å². The largest absolute Gasteiger partial charge is 0.508 e.